The van der Waals surface area contributed by atoms with Gasteiger partial charge in [0.1, 0.15) is 17.2 Å². The number of para-hydroxylation sites is 1. The lowest BCUT2D eigenvalue weighted by atomic mass is 10.1. The van der Waals surface area contributed by atoms with E-state index in [-0.39, 0.29) is 17.9 Å². The molecule has 166 valence electrons. The summed E-state index contributed by atoms with van der Waals surface area (Å²) in [7, 11) is 0. The molecule has 0 bridgehead atoms. The third-order valence-electron chi connectivity index (χ3n) is 5.24. The number of unbranched alkanes of at least 4 members (excludes halogenated alkanes) is 1. The number of carbonyl (C=O) groups excluding carboxylic acids is 1. The summed E-state index contributed by atoms with van der Waals surface area (Å²) >= 11 is 1.32. The minimum absolute atomic E-state index is 0.0937. The molecule has 0 fully saturated rings. The van der Waals surface area contributed by atoms with Crippen LogP contribution in [-0.2, 0) is 11.2 Å². The molecule has 0 spiro atoms. The van der Waals surface area contributed by atoms with Crippen LogP contribution in [0, 0.1) is 19.7 Å². The first-order chi connectivity index (χ1) is 15.4. The van der Waals surface area contributed by atoms with E-state index in [0.29, 0.717) is 45.5 Å². The number of hydrogen-bond acceptors (Lipinski definition) is 5. The van der Waals surface area contributed by atoms with Gasteiger partial charge in [0, 0.05) is 23.3 Å². The smallest absolute Gasteiger partial charge is 0.268 e. The van der Waals surface area contributed by atoms with Gasteiger partial charge in [-0.15, -0.1) is 11.3 Å². The highest BCUT2D eigenvalue weighted by Crippen LogP contribution is 2.24. The van der Waals surface area contributed by atoms with Crippen LogP contribution in [0.3, 0.4) is 0 Å². The van der Waals surface area contributed by atoms with Gasteiger partial charge < -0.3 is 5.32 Å². The van der Waals surface area contributed by atoms with Gasteiger partial charge in [0.15, 0.2) is 4.96 Å². The Kier molecular flexibility index (Phi) is 6.18. The molecule has 32 heavy (non-hydrogen) atoms. The number of halogens is 1. The van der Waals surface area contributed by atoms with E-state index in [2.05, 4.69) is 22.3 Å². The van der Waals surface area contributed by atoms with Crippen LogP contribution in [-0.4, -0.2) is 31.6 Å². The number of thiazole rings is 1. The van der Waals surface area contributed by atoms with E-state index < -0.39 is 5.82 Å². The molecule has 4 aromatic rings. The highest BCUT2D eigenvalue weighted by Gasteiger charge is 2.20. The van der Waals surface area contributed by atoms with Crippen LogP contribution >= 0.6 is 11.3 Å². The van der Waals surface area contributed by atoms with Crippen molar-refractivity contribution >= 4 is 22.2 Å². The fourth-order valence-electron chi connectivity index (χ4n) is 3.62. The number of rotatable bonds is 7. The van der Waals surface area contributed by atoms with Crippen LogP contribution in [0.4, 0.5) is 4.39 Å². The van der Waals surface area contributed by atoms with Crippen LogP contribution in [0.5, 0.6) is 0 Å². The molecule has 3 heterocycles. The van der Waals surface area contributed by atoms with E-state index in [4.69, 9.17) is 0 Å². The number of carbonyl (C=O) groups is 1. The topological polar surface area (TPSA) is 81.3 Å². The number of nitrogens with zero attached hydrogens (tertiary/aromatic N) is 4. The molecule has 1 aromatic carbocycles. The Morgan fingerprint density at radius 3 is 2.78 bits per heavy atom. The quantitative estimate of drug-likeness (QED) is 0.431. The van der Waals surface area contributed by atoms with Crippen molar-refractivity contribution in [1.29, 1.82) is 0 Å². The summed E-state index contributed by atoms with van der Waals surface area (Å²) in [6.07, 6.45) is 1.99. The normalized spacial score (nSPS) is 11.2. The Balaban J connectivity index is 1.76. The van der Waals surface area contributed by atoms with Gasteiger partial charge in [-0.25, -0.2) is 14.1 Å². The highest BCUT2D eigenvalue weighted by molar-refractivity contribution is 7.15. The highest BCUT2D eigenvalue weighted by atomic mass is 32.1. The van der Waals surface area contributed by atoms with E-state index in [1.54, 1.807) is 43.5 Å². The molecule has 1 N–H and O–H groups in total. The molecule has 1 amide bonds. The predicted molar refractivity (Wildman–Crippen MR) is 123 cm³/mol. The van der Waals surface area contributed by atoms with Gasteiger partial charge >= 0.3 is 0 Å². The summed E-state index contributed by atoms with van der Waals surface area (Å²) < 4.78 is 17.3. The van der Waals surface area contributed by atoms with E-state index in [9.17, 15) is 14.0 Å². The molecular weight excluding hydrogens is 429 g/mol. The van der Waals surface area contributed by atoms with Crippen molar-refractivity contribution in [3.05, 3.63) is 69.0 Å². The first-order valence-electron chi connectivity index (χ1n) is 10.5. The van der Waals surface area contributed by atoms with Gasteiger partial charge in [-0.05, 0) is 38.5 Å². The van der Waals surface area contributed by atoms with Gasteiger partial charge in [-0.3, -0.25) is 14.0 Å². The zero-order valence-electron chi connectivity index (χ0n) is 18.2. The number of amides is 1. The van der Waals surface area contributed by atoms with Crippen LogP contribution < -0.4 is 10.9 Å². The monoisotopic (exact) mass is 453 g/mol. The first-order valence-corrected chi connectivity index (χ1v) is 11.4. The number of benzene rings is 1. The maximum absolute atomic E-state index is 14.3. The summed E-state index contributed by atoms with van der Waals surface area (Å²) in [5.74, 6) is -0.534. The minimum Gasteiger partial charge on any atom is -0.356 e. The predicted octanol–water partition coefficient (Wildman–Crippen LogP) is 3.82. The Labute approximate surface area is 188 Å². The molecular formula is C23H24FN5O2S. The van der Waals surface area contributed by atoms with Gasteiger partial charge in [-0.1, -0.05) is 25.5 Å². The van der Waals surface area contributed by atoms with Gasteiger partial charge in [0.25, 0.3) is 5.56 Å². The maximum Gasteiger partial charge on any atom is 0.268 e. The fourth-order valence-corrected chi connectivity index (χ4v) is 4.55. The average Bonchev–Trinajstić information content (AvgIpc) is 3.32. The van der Waals surface area contributed by atoms with Gasteiger partial charge in [-0.2, -0.15) is 5.10 Å². The third kappa shape index (κ3) is 4.08. The van der Waals surface area contributed by atoms with Crippen molar-refractivity contribution in [2.45, 2.75) is 40.0 Å². The van der Waals surface area contributed by atoms with Crippen molar-refractivity contribution < 1.29 is 9.18 Å². The number of hydrogen-bond donors (Lipinski definition) is 1. The van der Waals surface area contributed by atoms with Crippen molar-refractivity contribution in [3.63, 3.8) is 0 Å². The SMILES string of the molecule is CCCCNC(=O)Cc1csc2nc(C)c(-c3cc(C)n(-c4ccccc4F)n3)c(=O)n12. The zero-order valence-corrected chi connectivity index (χ0v) is 19.0. The largest absolute Gasteiger partial charge is 0.356 e. The van der Waals surface area contributed by atoms with E-state index in [1.165, 1.54) is 26.5 Å². The molecule has 0 aliphatic heterocycles. The second-order valence-corrected chi connectivity index (χ2v) is 8.47. The Morgan fingerprint density at radius 1 is 1.25 bits per heavy atom. The van der Waals surface area contributed by atoms with Crippen LogP contribution in [0.1, 0.15) is 36.8 Å². The van der Waals surface area contributed by atoms with Gasteiger partial charge in [0.2, 0.25) is 5.91 Å². The molecule has 0 atom stereocenters. The Hall–Kier alpha value is -3.33. The van der Waals surface area contributed by atoms with Crippen LogP contribution in [0.25, 0.3) is 21.9 Å². The molecule has 7 nitrogen and oxygen atoms in total. The Morgan fingerprint density at radius 2 is 2.03 bits per heavy atom. The molecule has 0 aliphatic carbocycles. The van der Waals surface area contributed by atoms with Crippen molar-refractivity contribution in [2.75, 3.05) is 6.54 Å². The van der Waals surface area contributed by atoms with Crippen molar-refractivity contribution in [2.24, 2.45) is 0 Å². The lowest BCUT2D eigenvalue weighted by Crippen LogP contribution is -2.28. The summed E-state index contributed by atoms with van der Waals surface area (Å²) in [6, 6.07) is 8.09. The number of aryl methyl sites for hydroxylation is 2. The minimum atomic E-state index is -0.401. The molecule has 0 radical (unpaired) electrons. The van der Waals surface area contributed by atoms with E-state index in [0.717, 1.165) is 12.8 Å². The second kappa shape index (κ2) is 9.04. The average molecular weight is 454 g/mol. The standard InChI is InChI=1S/C23H24FN5O2S/c1-4-5-10-25-20(30)12-16-13-32-23-26-15(3)21(22(31)28(16)23)18-11-14(2)29(27-18)19-9-7-6-8-17(19)24/h6-9,11,13H,4-5,10,12H2,1-3H3,(H,25,30). The van der Waals surface area contributed by atoms with E-state index >= 15 is 0 Å². The lowest BCUT2D eigenvalue weighted by Gasteiger charge is -2.07. The first kappa shape index (κ1) is 21.9. The molecule has 9 heteroatoms. The summed E-state index contributed by atoms with van der Waals surface area (Å²) in [5.41, 5.74) is 2.59. The van der Waals surface area contributed by atoms with Crippen molar-refractivity contribution in [3.8, 4) is 16.9 Å². The van der Waals surface area contributed by atoms with Crippen molar-refractivity contribution in [1.82, 2.24) is 24.5 Å². The molecule has 0 saturated carbocycles. The van der Waals surface area contributed by atoms with Crippen LogP contribution in [0.15, 0.2) is 40.5 Å². The van der Waals surface area contributed by atoms with Gasteiger partial charge in [0.05, 0.1) is 17.7 Å². The summed E-state index contributed by atoms with van der Waals surface area (Å²) in [5, 5.41) is 9.18. The maximum atomic E-state index is 14.3. The van der Waals surface area contributed by atoms with Crippen LogP contribution in [0.2, 0.25) is 0 Å². The number of fused-ring (bicyclic) bond motifs is 1. The molecule has 0 saturated heterocycles. The molecule has 3 aromatic heterocycles. The molecule has 0 unspecified atom stereocenters. The molecule has 0 aliphatic rings. The fraction of sp³-hybridized carbons (Fsp3) is 0.304. The summed E-state index contributed by atoms with van der Waals surface area (Å²) in [4.78, 5) is 30.9. The van der Waals surface area contributed by atoms with E-state index in [1.807, 2.05) is 0 Å². The lowest BCUT2D eigenvalue weighted by molar-refractivity contribution is -0.120. The Bertz CT molecular complexity index is 1350. The zero-order chi connectivity index (χ0) is 22.8. The molecule has 4 rings (SSSR count). The summed E-state index contributed by atoms with van der Waals surface area (Å²) in [6.45, 7) is 6.23. The third-order valence-corrected chi connectivity index (χ3v) is 6.11. The number of nitrogens with one attached hydrogen (secondary N) is 1. The second-order valence-electron chi connectivity index (χ2n) is 7.64. The number of aromatic nitrogens is 4.